The molecule has 0 aromatic rings. The molecule has 0 saturated heterocycles. The molecule has 1 N–H and O–H groups in total. The monoisotopic (exact) mass is 196 g/mol. The molecule has 1 aliphatic rings. The van der Waals surface area contributed by atoms with E-state index < -0.39 is 18.7 Å². The summed E-state index contributed by atoms with van der Waals surface area (Å²) in [5.41, 5.74) is 0.0466. The Morgan fingerprint density at radius 1 is 1.46 bits per heavy atom. The van der Waals surface area contributed by atoms with E-state index in [2.05, 4.69) is 0 Å². The molecule has 1 nitrogen and oxygen atoms in total. The van der Waals surface area contributed by atoms with Crippen molar-refractivity contribution in [2.24, 2.45) is 11.3 Å². The van der Waals surface area contributed by atoms with E-state index in [0.717, 1.165) is 6.42 Å². The molecule has 1 saturated carbocycles. The summed E-state index contributed by atoms with van der Waals surface area (Å²) in [6.45, 7) is 3.93. The molecule has 2 atom stereocenters. The highest BCUT2D eigenvalue weighted by Gasteiger charge is 2.50. The second-order valence-corrected chi connectivity index (χ2v) is 4.52. The van der Waals surface area contributed by atoms with Crippen LogP contribution in [0.15, 0.2) is 0 Å². The highest BCUT2D eigenvalue weighted by molar-refractivity contribution is 4.99. The second kappa shape index (κ2) is 3.15. The van der Waals surface area contributed by atoms with Gasteiger partial charge in [-0.25, -0.2) is 0 Å². The Morgan fingerprint density at radius 3 is 2.23 bits per heavy atom. The van der Waals surface area contributed by atoms with Gasteiger partial charge in [-0.3, -0.25) is 0 Å². The maximum absolute atomic E-state index is 11.8. The smallest absolute Gasteiger partial charge is 0.389 e. The van der Waals surface area contributed by atoms with Gasteiger partial charge in [0.05, 0.1) is 6.10 Å². The van der Waals surface area contributed by atoms with E-state index in [0.29, 0.717) is 0 Å². The van der Waals surface area contributed by atoms with Crippen LogP contribution in [0.1, 0.15) is 33.1 Å². The number of hydrogen-bond acceptors (Lipinski definition) is 1. The van der Waals surface area contributed by atoms with Crippen molar-refractivity contribution in [1.29, 1.82) is 0 Å². The predicted molar refractivity (Wildman–Crippen MR) is 43.2 cm³/mol. The fourth-order valence-electron chi connectivity index (χ4n) is 1.68. The molecule has 0 heterocycles. The number of aliphatic hydroxyl groups is 1. The zero-order valence-corrected chi connectivity index (χ0v) is 7.86. The Bertz CT molecular complexity index is 186. The van der Waals surface area contributed by atoms with Crippen molar-refractivity contribution >= 4 is 0 Å². The second-order valence-electron chi connectivity index (χ2n) is 4.52. The van der Waals surface area contributed by atoms with E-state index >= 15 is 0 Å². The lowest BCUT2D eigenvalue weighted by Crippen LogP contribution is -2.17. The van der Waals surface area contributed by atoms with E-state index in [9.17, 15) is 18.3 Å². The standard InChI is InChI=1S/C9H15F3O/c1-8(2)5-6(8)7(13)3-4-9(10,11)12/h6-7,13H,3-5H2,1-2H3. The molecular weight excluding hydrogens is 181 g/mol. The summed E-state index contributed by atoms with van der Waals surface area (Å²) in [4.78, 5) is 0. The third-order valence-corrected chi connectivity index (χ3v) is 2.78. The third kappa shape index (κ3) is 3.18. The summed E-state index contributed by atoms with van der Waals surface area (Å²) in [5.74, 6) is 0.0647. The maximum Gasteiger partial charge on any atom is 0.389 e. The molecule has 0 aromatic carbocycles. The van der Waals surface area contributed by atoms with Crippen LogP contribution in [0.4, 0.5) is 13.2 Å². The first-order valence-corrected chi connectivity index (χ1v) is 4.47. The lowest BCUT2D eigenvalue weighted by molar-refractivity contribution is -0.140. The van der Waals surface area contributed by atoms with Gasteiger partial charge >= 0.3 is 6.18 Å². The van der Waals surface area contributed by atoms with E-state index in [4.69, 9.17) is 0 Å². The molecule has 2 unspecified atom stereocenters. The summed E-state index contributed by atoms with van der Waals surface area (Å²) < 4.78 is 35.3. The van der Waals surface area contributed by atoms with Crippen molar-refractivity contribution in [1.82, 2.24) is 0 Å². The predicted octanol–water partition coefficient (Wildman–Crippen LogP) is 2.74. The first kappa shape index (κ1) is 10.8. The Labute approximate surface area is 75.9 Å². The van der Waals surface area contributed by atoms with Crippen LogP contribution in [-0.4, -0.2) is 17.4 Å². The molecule has 0 aromatic heterocycles. The van der Waals surface area contributed by atoms with Crippen LogP contribution in [0.3, 0.4) is 0 Å². The molecule has 78 valence electrons. The van der Waals surface area contributed by atoms with Gasteiger partial charge in [0.15, 0.2) is 0 Å². The number of hydrogen-bond donors (Lipinski definition) is 1. The largest absolute Gasteiger partial charge is 0.393 e. The first-order valence-electron chi connectivity index (χ1n) is 4.47. The topological polar surface area (TPSA) is 20.2 Å². The Hall–Kier alpha value is -0.250. The Balaban J connectivity index is 2.24. The highest BCUT2D eigenvalue weighted by atomic mass is 19.4. The van der Waals surface area contributed by atoms with Gasteiger partial charge in [0, 0.05) is 6.42 Å². The normalized spacial score (nSPS) is 28.6. The summed E-state index contributed by atoms with van der Waals surface area (Å²) in [7, 11) is 0. The van der Waals surface area contributed by atoms with E-state index in [1.54, 1.807) is 0 Å². The van der Waals surface area contributed by atoms with Gasteiger partial charge in [0.1, 0.15) is 0 Å². The fraction of sp³-hybridized carbons (Fsp3) is 1.00. The van der Waals surface area contributed by atoms with Gasteiger partial charge in [0.2, 0.25) is 0 Å². The lowest BCUT2D eigenvalue weighted by Gasteiger charge is -2.13. The third-order valence-electron chi connectivity index (χ3n) is 2.78. The quantitative estimate of drug-likeness (QED) is 0.735. The Kier molecular flexibility index (Phi) is 2.63. The van der Waals surface area contributed by atoms with Gasteiger partial charge < -0.3 is 5.11 Å². The van der Waals surface area contributed by atoms with Crippen LogP contribution >= 0.6 is 0 Å². The molecular formula is C9H15F3O. The molecule has 13 heavy (non-hydrogen) atoms. The first-order chi connectivity index (χ1) is 5.72. The van der Waals surface area contributed by atoms with E-state index in [-0.39, 0.29) is 17.8 Å². The molecule has 1 rings (SSSR count). The van der Waals surface area contributed by atoms with Crippen molar-refractivity contribution in [2.45, 2.75) is 45.4 Å². The fourth-order valence-corrected chi connectivity index (χ4v) is 1.68. The summed E-state index contributed by atoms with van der Waals surface area (Å²) in [5, 5.41) is 9.39. The molecule has 0 amide bonds. The number of aliphatic hydroxyl groups excluding tert-OH is 1. The maximum atomic E-state index is 11.8. The molecule has 1 aliphatic carbocycles. The SMILES string of the molecule is CC1(C)CC1C(O)CCC(F)(F)F. The van der Waals surface area contributed by atoms with Gasteiger partial charge in [-0.05, 0) is 24.2 Å². The molecule has 0 radical (unpaired) electrons. The van der Waals surface area contributed by atoms with Crippen LogP contribution in [0.5, 0.6) is 0 Å². The van der Waals surface area contributed by atoms with Gasteiger partial charge in [0.25, 0.3) is 0 Å². The van der Waals surface area contributed by atoms with Crippen molar-refractivity contribution in [3.63, 3.8) is 0 Å². The van der Waals surface area contributed by atoms with Crippen molar-refractivity contribution in [3.8, 4) is 0 Å². The summed E-state index contributed by atoms with van der Waals surface area (Å²) in [6.07, 6.45) is -5.11. The van der Waals surface area contributed by atoms with Crippen LogP contribution in [-0.2, 0) is 0 Å². The number of alkyl halides is 3. The van der Waals surface area contributed by atoms with Crippen LogP contribution in [0.25, 0.3) is 0 Å². The minimum absolute atomic E-state index is 0.0466. The van der Waals surface area contributed by atoms with Gasteiger partial charge in [-0.15, -0.1) is 0 Å². The van der Waals surface area contributed by atoms with E-state index in [1.807, 2.05) is 13.8 Å². The van der Waals surface area contributed by atoms with Crippen LogP contribution in [0, 0.1) is 11.3 Å². The van der Waals surface area contributed by atoms with Gasteiger partial charge in [-0.2, -0.15) is 13.2 Å². The van der Waals surface area contributed by atoms with Gasteiger partial charge in [-0.1, -0.05) is 13.8 Å². The number of halogens is 3. The Morgan fingerprint density at radius 2 is 1.92 bits per heavy atom. The van der Waals surface area contributed by atoms with Crippen molar-refractivity contribution in [2.75, 3.05) is 0 Å². The van der Waals surface area contributed by atoms with Crippen molar-refractivity contribution in [3.05, 3.63) is 0 Å². The van der Waals surface area contributed by atoms with Crippen molar-refractivity contribution < 1.29 is 18.3 Å². The zero-order chi connectivity index (χ0) is 10.3. The molecule has 0 bridgehead atoms. The molecule has 1 fully saturated rings. The summed E-state index contributed by atoms with van der Waals surface area (Å²) in [6, 6.07) is 0. The van der Waals surface area contributed by atoms with E-state index in [1.165, 1.54) is 0 Å². The number of rotatable bonds is 3. The van der Waals surface area contributed by atoms with Crippen LogP contribution < -0.4 is 0 Å². The average Bonchev–Trinajstić information content (AvgIpc) is 2.53. The zero-order valence-electron chi connectivity index (χ0n) is 7.86. The molecule has 0 spiro atoms. The minimum atomic E-state index is -4.14. The minimum Gasteiger partial charge on any atom is -0.393 e. The lowest BCUT2D eigenvalue weighted by atomic mass is 10.0. The van der Waals surface area contributed by atoms with Crippen LogP contribution in [0.2, 0.25) is 0 Å². The highest BCUT2D eigenvalue weighted by Crippen LogP contribution is 2.54. The average molecular weight is 196 g/mol. The molecule has 0 aliphatic heterocycles. The molecule has 4 heteroatoms. The summed E-state index contributed by atoms with van der Waals surface area (Å²) >= 11 is 0.